The van der Waals surface area contributed by atoms with Crippen molar-refractivity contribution in [1.29, 1.82) is 0 Å². The SMILES string of the molecule is C=CCC(CC=C)=C(O)C(=O)OCC(C)(C)C. The van der Waals surface area contributed by atoms with Crippen LogP contribution in [0.4, 0.5) is 0 Å². The van der Waals surface area contributed by atoms with Crippen molar-refractivity contribution in [2.75, 3.05) is 6.61 Å². The average Bonchev–Trinajstić information content (AvgIpc) is 2.23. The fourth-order valence-electron chi connectivity index (χ4n) is 1.12. The molecule has 0 unspecified atom stereocenters. The van der Waals surface area contributed by atoms with Crippen molar-refractivity contribution in [1.82, 2.24) is 0 Å². The van der Waals surface area contributed by atoms with Gasteiger partial charge in [0.25, 0.3) is 0 Å². The van der Waals surface area contributed by atoms with Crippen molar-refractivity contribution in [2.45, 2.75) is 33.6 Å². The van der Waals surface area contributed by atoms with Crippen LogP contribution in [-0.4, -0.2) is 17.7 Å². The first-order valence-corrected chi connectivity index (χ1v) is 5.61. The molecule has 0 aromatic heterocycles. The van der Waals surface area contributed by atoms with Crippen molar-refractivity contribution in [3.63, 3.8) is 0 Å². The van der Waals surface area contributed by atoms with Crippen LogP contribution >= 0.6 is 0 Å². The normalized spacial score (nSPS) is 10.5. The lowest BCUT2D eigenvalue weighted by molar-refractivity contribution is -0.144. The van der Waals surface area contributed by atoms with Gasteiger partial charge in [0, 0.05) is 0 Å². The highest BCUT2D eigenvalue weighted by molar-refractivity contribution is 5.86. The summed E-state index contributed by atoms with van der Waals surface area (Å²) in [5.41, 5.74) is 0.460. The first-order valence-electron chi connectivity index (χ1n) is 5.61. The lowest BCUT2D eigenvalue weighted by atomic mass is 9.99. The van der Waals surface area contributed by atoms with Crippen LogP contribution in [0.25, 0.3) is 0 Å². The van der Waals surface area contributed by atoms with Crippen molar-refractivity contribution in [3.05, 3.63) is 36.6 Å². The van der Waals surface area contributed by atoms with Gasteiger partial charge in [-0.1, -0.05) is 32.9 Å². The first-order chi connectivity index (χ1) is 7.81. The zero-order chi connectivity index (χ0) is 13.5. The van der Waals surface area contributed by atoms with E-state index in [1.165, 1.54) is 0 Å². The summed E-state index contributed by atoms with van der Waals surface area (Å²) in [4.78, 5) is 11.6. The number of aliphatic hydroxyl groups excluding tert-OH is 1. The van der Waals surface area contributed by atoms with Crippen LogP contribution in [0.2, 0.25) is 0 Å². The highest BCUT2D eigenvalue weighted by Gasteiger charge is 2.18. The molecule has 96 valence electrons. The number of hydrogen-bond donors (Lipinski definition) is 1. The molecular weight excluding hydrogens is 216 g/mol. The van der Waals surface area contributed by atoms with E-state index in [1.807, 2.05) is 20.8 Å². The van der Waals surface area contributed by atoms with Gasteiger partial charge in [0.05, 0.1) is 6.61 Å². The standard InChI is InChI=1S/C14H22O3/c1-6-8-11(9-7-2)12(15)13(16)17-10-14(3,4)5/h6-7,15H,1-2,8-10H2,3-5H3. The minimum absolute atomic E-state index is 0.118. The fraction of sp³-hybridized carbons (Fsp3) is 0.500. The summed E-state index contributed by atoms with van der Waals surface area (Å²) in [5.74, 6) is -1.01. The molecule has 0 saturated heterocycles. The van der Waals surface area contributed by atoms with Crippen molar-refractivity contribution >= 4 is 5.97 Å². The molecule has 0 atom stereocenters. The molecule has 0 aromatic carbocycles. The minimum atomic E-state index is -0.682. The Morgan fingerprint density at radius 1 is 1.24 bits per heavy atom. The van der Waals surface area contributed by atoms with Gasteiger partial charge in [0.2, 0.25) is 5.76 Å². The number of carbonyl (C=O) groups is 1. The zero-order valence-electron chi connectivity index (χ0n) is 11.0. The Morgan fingerprint density at radius 3 is 2.06 bits per heavy atom. The predicted octanol–water partition coefficient (Wildman–Crippen LogP) is 3.54. The number of carbonyl (C=O) groups excluding carboxylic acids is 1. The summed E-state index contributed by atoms with van der Waals surface area (Å²) in [6.07, 6.45) is 4.16. The Bertz CT molecular complexity index is 307. The molecule has 0 fully saturated rings. The highest BCUT2D eigenvalue weighted by atomic mass is 16.5. The fourth-order valence-corrected chi connectivity index (χ4v) is 1.12. The van der Waals surface area contributed by atoms with Gasteiger partial charge in [0.1, 0.15) is 0 Å². The van der Waals surface area contributed by atoms with E-state index in [0.29, 0.717) is 18.4 Å². The second-order valence-electron chi connectivity index (χ2n) is 5.07. The molecule has 0 aromatic rings. The Morgan fingerprint density at radius 2 is 1.71 bits per heavy atom. The molecular formula is C14H22O3. The van der Waals surface area contributed by atoms with E-state index >= 15 is 0 Å². The van der Waals surface area contributed by atoms with Gasteiger partial charge in [-0.2, -0.15) is 0 Å². The predicted molar refractivity (Wildman–Crippen MR) is 69.7 cm³/mol. The largest absolute Gasteiger partial charge is 0.502 e. The van der Waals surface area contributed by atoms with Crippen LogP contribution in [0.1, 0.15) is 33.6 Å². The number of aliphatic hydroxyl groups is 1. The summed E-state index contributed by atoms with van der Waals surface area (Å²) in [5, 5.41) is 9.75. The van der Waals surface area contributed by atoms with Gasteiger partial charge < -0.3 is 9.84 Å². The first kappa shape index (κ1) is 15.5. The Balaban J connectivity index is 4.66. The van der Waals surface area contributed by atoms with Crippen LogP contribution in [0.5, 0.6) is 0 Å². The van der Waals surface area contributed by atoms with E-state index in [4.69, 9.17) is 4.74 Å². The lowest BCUT2D eigenvalue weighted by Crippen LogP contribution is -2.20. The molecule has 0 aliphatic heterocycles. The smallest absolute Gasteiger partial charge is 0.373 e. The molecule has 0 radical (unpaired) electrons. The maximum Gasteiger partial charge on any atom is 0.373 e. The molecule has 3 heteroatoms. The van der Waals surface area contributed by atoms with Gasteiger partial charge in [-0.15, -0.1) is 13.2 Å². The van der Waals surface area contributed by atoms with E-state index < -0.39 is 5.97 Å². The molecule has 0 amide bonds. The highest BCUT2D eigenvalue weighted by Crippen LogP contribution is 2.17. The molecule has 0 bridgehead atoms. The molecule has 17 heavy (non-hydrogen) atoms. The Kier molecular flexibility index (Phi) is 6.33. The average molecular weight is 238 g/mol. The van der Waals surface area contributed by atoms with E-state index in [1.54, 1.807) is 12.2 Å². The maximum absolute atomic E-state index is 11.6. The van der Waals surface area contributed by atoms with Crippen molar-refractivity contribution < 1.29 is 14.6 Å². The summed E-state index contributed by atoms with van der Waals surface area (Å²) in [6.45, 7) is 13.3. The van der Waals surface area contributed by atoms with Gasteiger partial charge in [-0.25, -0.2) is 4.79 Å². The summed E-state index contributed by atoms with van der Waals surface area (Å²) in [6, 6.07) is 0. The molecule has 1 N–H and O–H groups in total. The van der Waals surface area contributed by atoms with Crippen LogP contribution in [0.3, 0.4) is 0 Å². The summed E-state index contributed by atoms with van der Waals surface area (Å²) in [7, 11) is 0. The Labute approximate surface area is 103 Å². The third-order valence-electron chi connectivity index (χ3n) is 1.95. The van der Waals surface area contributed by atoms with E-state index in [0.717, 1.165) is 0 Å². The van der Waals surface area contributed by atoms with Gasteiger partial charge in [-0.3, -0.25) is 0 Å². The Hall–Kier alpha value is -1.51. The van der Waals surface area contributed by atoms with Crippen LogP contribution in [0, 0.1) is 5.41 Å². The molecule has 3 nitrogen and oxygen atoms in total. The van der Waals surface area contributed by atoms with Crippen LogP contribution < -0.4 is 0 Å². The van der Waals surface area contributed by atoms with Crippen molar-refractivity contribution in [2.24, 2.45) is 5.41 Å². The lowest BCUT2D eigenvalue weighted by Gasteiger charge is -2.18. The van der Waals surface area contributed by atoms with Crippen molar-refractivity contribution in [3.8, 4) is 0 Å². The number of allylic oxidation sites excluding steroid dienone is 3. The molecule has 0 saturated carbocycles. The van der Waals surface area contributed by atoms with E-state index in [2.05, 4.69) is 13.2 Å². The quantitative estimate of drug-likeness (QED) is 0.333. The topological polar surface area (TPSA) is 46.5 Å². The van der Waals surface area contributed by atoms with Crippen LogP contribution in [-0.2, 0) is 9.53 Å². The number of ether oxygens (including phenoxy) is 1. The molecule has 0 rings (SSSR count). The molecule has 0 heterocycles. The zero-order valence-corrected chi connectivity index (χ0v) is 11.0. The maximum atomic E-state index is 11.6. The minimum Gasteiger partial charge on any atom is -0.502 e. The van der Waals surface area contributed by atoms with Gasteiger partial charge >= 0.3 is 5.97 Å². The monoisotopic (exact) mass is 238 g/mol. The number of rotatable bonds is 6. The molecule has 0 aliphatic rings. The second kappa shape index (κ2) is 6.94. The summed E-state index contributed by atoms with van der Waals surface area (Å²) >= 11 is 0. The van der Waals surface area contributed by atoms with Gasteiger partial charge in [-0.05, 0) is 23.8 Å². The van der Waals surface area contributed by atoms with E-state index in [-0.39, 0.29) is 17.8 Å². The third kappa shape index (κ3) is 6.61. The molecule has 0 aliphatic carbocycles. The van der Waals surface area contributed by atoms with Gasteiger partial charge in [0.15, 0.2) is 0 Å². The third-order valence-corrected chi connectivity index (χ3v) is 1.95. The molecule has 0 spiro atoms. The summed E-state index contributed by atoms with van der Waals surface area (Å²) < 4.78 is 5.03. The van der Waals surface area contributed by atoms with Crippen LogP contribution in [0.15, 0.2) is 36.6 Å². The number of hydrogen-bond acceptors (Lipinski definition) is 3. The van der Waals surface area contributed by atoms with E-state index in [9.17, 15) is 9.90 Å². The second-order valence-corrected chi connectivity index (χ2v) is 5.07. The number of esters is 1.